The summed E-state index contributed by atoms with van der Waals surface area (Å²) >= 11 is 5.60. The molecule has 0 aliphatic carbocycles. The van der Waals surface area contributed by atoms with Crippen LogP contribution < -0.4 is 5.32 Å². The van der Waals surface area contributed by atoms with E-state index in [9.17, 15) is 19.1 Å². The van der Waals surface area contributed by atoms with Crippen molar-refractivity contribution in [2.75, 3.05) is 6.54 Å². The number of rotatable bonds is 6. The van der Waals surface area contributed by atoms with E-state index in [0.29, 0.717) is 12.8 Å². The largest absolute Gasteiger partial charge is 0.481 e. The molecule has 2 N–H and O–H groups in total. The summed E-state index contributed by atoms with van der Waals surface area (Å²) in [4.78, 5) is 23.2. The molecule has 1 aromatic carbocycles. The van der Waals surface area contributed by atoms with Gasteiger partial charge in [-0.3, -0.25) is 9.59 Å². The Hall–Kier alpha value is -1.62. The lowest BCUT2D eigenvalue weighted by molar-refractivity contribution is -0.149. The number of nitrogens with one attached hydrogen (secondary N) is 1. The number of carboxylic acid groups (broad SMARTS) is 1. The fraction of sp³-hybridized carbons (Fsp3) is 0.429. The topological polar surface area (TPSA) is 66.4 Å². The number of carboxylic acids is 1. The van der Waals surface area contributed by atoms with Gasteiger partial charge < -0.3 is 10.4 Å². The van der Waals surface area contributed by atoms with Crippen molar-refractivity contribution in [2.45, 2.75) is 26.7 Å². The van der Waals surface area contributed by atoms with E-state index in [1.54, 1.807) is 13.8 Å². The average Bonchev–Trinajstić information content (AvgIpc) is 2.43. The summed E-state index contributed by atoms with van der Waals surface area (Å²) in [6, 6.07) is 3.62. The summed E-state index contributed by atoms with van der Waals surface area (Å²) in [6.07, 6.45) is 0.812. The van der Waals surface area contributed by atoms with Crippen molar-refractivity contribution < 1.29 is 19.1 Å². The predicted molar refractivity (Wildman–Crippen MR) is 74.4 cm³/mol. The summed E-state index contributed by atoms with van der Waals surface area (Å²) in [6.45, 7) is 3.54. The van der Waals surface area contributed by atoms with Crippen molar-refractivity contribution in [3.05, 3.63) is 34.6 Å². The Kier molecular flexibility index (Phi) is 5.51. The van der Waals surface area contributed by atoms with Gasteiger partial charge in [0.15, 0.2) is 0 Å². The quantitative estimate of drug-likeness (QED) is 0.848. The Labute approximate surface area is 121 Å². The maximum Gasteiger partial charge on any atom is 0.311 e. The Morgan fingerprint density at radius 1 is 1.35 bits per heavy atom. The first-order valence-electron chi connectivity index (χ1n) is 6.33. The van der Waals surface area contributed by atoms with Gasteiger partial charge in [-0.1, -0.05) is 25.4 Å². The molecule has 20 heavy (non-hydrogen) atoms. The minimum atomic E-state index is -0.987. The molecular formula is C14H17ClFNO3. The van der Waals surface area contributed by atoms with Crippen LogP contribution in [0.1, 0.15) is 37.0 Å². The third kappa shape index (κ3) is 3.48. The lowest BCUT2D eigenvalue weighted by atomic mass is 9.82. The molecule has 0 unspecified atom stereocenters. The lowest BCUT2D eigenvalue weighted by Crippen LogP contribution is -2.42. The highest BCUT2D eigenvalue weighted by molar-refractivity contribution is 6.31. The van der Waals surface area contributed by atoms with Crippen LogP contribution in [0.15, 0.2) is 18.2 Å². The van der Waals surface area contributed by atoms with Crippen molar-refractivity contribution in [3.8, 4) is 0 Å². The second kappa shape index (κ2) is 6.70. The molecular weight excluding hydrogens is 285 g/mol. The van der Waals surface area contributed by atoms with E-state index in [1.165, 1.54) is 12.1 Å². The van der Waals surface area contributed by atoms with Gasteiger partial charge in [0.25, 0.3) is 5.91 Å². The zero-order valence-corrected chi connectivity index (χ0v) is 12.1. The smallest absolute Gasteiger partial charge is 0.311 e. The van der Waals surface area contributed by atoms with Crippen LogP contribution in [0.5, 0.6) is 0 Å². The number of hydrogen-bond acceptors (Lipinski definition) is 2. The van der Waals surface area contributed by atoms with E-state index in [1.807, 2.05) is 0 Å². The highest BCUT2D eigenvalue weighted by atomic mass is 35.5. The van der Waals surface area contributed by atoms with Gasteiger partial charge in [0, 0.05) is 12.1 Å². The summed E-state index contributed by atoms with van der Waals surface area (Å²) in [5, 5.41) is 11.7. The van der Waals surface area contributed by atoms with Crippen LogP contribution in [0.3, 0.4) is 0 Å². The third-order valence-corrected chi connectivity index (χ3v) is 3.87. The second-order valence-corrected chi connectivity index (χ2v) is 5.01. The first-order chi connectivity index (χ1) is 9.36. The Morgan fingerprint density at radius 2 is 1.95 bits per heavy atom. The molecule has 0 aliphatic heterocycles. The summed E-state index contributed by atoms with van der Waals surface area (Å²) < 4.78 is 13.0. The molecule has 110 valence electrons. The molecule has 0 atom stereocenters. The SMILES string of the molecule is CCC(CC)(CNC(=O)c1ccc(F)c(Cl)c1)C(=O)O. The molecule has 0 spiro atoms. The number of carbonyl (C=O) groups excluding carboxylic acids is 1. The summed E-state index contributed by atoms with van der Waals surface area (Å²) in [5.74, 6) is -2.02. The molecule has 6 heteroatoms. The van der Waals surface area contributed by atoms with Gasteiger partial charge >= 0.3 is 5.97 Å². The zero-order chi connectivity index (χ0) is 15.3. The van der Waals surface area contributed by atoms with E-state index < -0.39 is 23.1 Å². The molecule has 0 saturated carbocycles. The monoisotopic (exact) mass is 301 g/mol. The standard InChI is InChI=1S/C14H17ClFNO3/c1-3-14(4-2,13(19)20)8-17-12(18)9-5-6-11(16)10(15)7-9/h5-7H,3-4,8H2,1-2H3,(H,17,18)(H,19,20). The Bertz CT molecular complexity index is 515. The van der Waals surface area contributed by atoms with Crippen molar-refractivity contribution in [3.63, 3.8) is 0 Å². The van der Waals surface area contributed by atoms with Gasteiger partial charge in [0.05, 0.1) is 10.4 Å². The predicted octanol–water partition coefficient (Wildman–Crippen LogP) is 3.10. The van der Waals surface area contributed by atoms with Crippen LogP contribution in [-0.2, 0) is 4.79 Å². The first kappa shape index (κ1) is 16.4. The third-order valence-electron chi connectivity index (χ3n) is 3.58. The molecule has 1 aromatic rings. The van der Waals surface area contributed by atoms with Crippen LogP contribution in [0.25, 0.3) is 0 Å². The average molecular weight is 302 g/mol. The van der Waals surface area contributed by atoms with Crippen LogP contribution in [0, 0.1) is 11.2 Å². The number of amides is 1. The number of aliphatic carboxylic acids is 1. The highest BCUT2D eigenvalue weighted by Gasteiger charge is 2.35. The molecule has 0 bridgehead atoms. The van der Waals surface area contributed by atoms with Crippen LogP contribution in [0.4, 0.5) is 4.39 Å². The molecule has 0 saturated heterocycles. The van der Waals surface area contributed by atoms with E-state index >= 15 is 0 Å². The van der Waals surface area contributed by atoms with Crippen molar-refractivity contribution in [1.82, 2.24) is 5.32 Å². The normalized spacial score (nSPS) is 11.2. The van der Waals surface area contributed by atoms with Crippen molar-refractivity contribution in [2.24, 2.45) is 5.41 Å². The van der Waals surface area contributed by atoms with E-state index in [2.05, 4.69) is 5.32 Å². The summed E-state index contributed by atoms with van der Waals surface area (Å²) in [7, 11) is 0. The molecule has 1 amide bonds. The number of benzene rings is 1. The molecule has 0 aromatic heterocycles. The fourth-order valence-electron chi connectivity index (χ4n) is 1.87. The van der Waals surface area contributed by atoms with Crippen LogP contribution in [0.2, 0.25) is 5.02 Å². The molecule has 0 fully saturated rings. The van der Waals surface area contributed by atoms with E-state index in [-0.39, 0.29) is 17.1 Å². The van der Waals surface area contributed by atoms with Crippen molar-refractivity contribution >= 4 is 23.5 Å². The van der Waals surface area contributed by atoms with Gasteiger partial charge in [-0.15, -0.1) is 0 Å². The maximum absolute atomic E-state index is 13.0. The van der Waals surface area contributed by atoms with Gasteiger partial charge in [-0.2, -0.15) is 0 Å². The van der Waals surface area contributed by atoms with Crippen molar-refractivity contribution in [1.29, 1.82) is 0 Å². The van der Waals surface area contributed by atoms with E-state index in [4.69, 9.17) is 11.6 Å². The fourth-order valence-corrected chi connectivity index (χ4v) is 2.05. The van der Waals surface area contributed by atoms with E-state index in [0.717, 1.165) is 6.07 Å². The number of hydrogen-bond donors (Lipinski definition) is 2. The summed E-state index contributed by atoms with van der Waals surface area (Å²) in [5.41, 5.74) is -0.789. The Balaban J connectivity index is 2.80. The minimum absolute atomic E-state index is 0.0170. The lowest BCUT2D eigenvalue weighted by Gasteiger charge is -2.26. The Morgan fingerprint density at radius 3 is 2.40 bits per heavy atom. The van der Waals surface area contributed by atoms with Crippen LogP contribution in [-0.4, -0.2) is 23.5 Å². The molecule has 1 rings (SSSR count). The van der Waals surface area contributed by atoms with Crippen LogP contribution >= 0.6 is 11.6 Å². The minimum Gasteiger partial charge on any atom is -0.481 e. The van der Waals surface area contributed by atoms with Gasteiger partial charge in [-0.25, -0.2) is 4.39 Å². The zero-order valence-electron chi connectivity index (χ0n) is 11.4. The maximum atomic E-state index is 13.0. The second-order valence-electron chi connectivity index (χ2n) is 4.60. The van der Waals surface area contributed by atoms with Gasteiger partial charge in [0.1, 0.15) is 5.82 Å². The number of halogens is 2. The highest BCUT2D eigenvalue weighted by Crippen LogP contribution is 2.26. The molecule has 0 radical (unpaired) electrons. The first-order valence-corrected chi connectivity index (χ1v) is 6.70. The van der Waals surface area contributed by atoms with Gasteiger partial charge in [0.2, 0.25) is 0 Å². The molecule has 4 nitrogen and oxygen atoms in total. The number of carbonyl (C=O) groups is 2. The van der Waals surface area contributed by atoms with Gasteiger partial charge in [-0.05, 0) is 31.0 Å². The molecule has 0 heterocycles. The molecule has 0 aliphatic rings.